The zero-order valence-corrected chi connectivity index (χ0v) is 17.3. The normalized spacial score (nSPS) is 23.4. The molecule has 1 unspecified atom stereocenters. The Bertz CT molecular complexity index is 930. The minimum absolute atomic E-state index is 0.00829. The fraction of sp³-hybridized carbons (Fsp3) is 0.480. The Hall–Kier alpha value is -2.69. The van der Waals surface area contributed by atoms with Gasteiger partial charge >= 0.3 is 0 Å². The number of carbonyl (C=O) groups excluding carboxylic acids is 2. The Morgan fingerprint density at radius 3 is 2.40 bits per heavy atom. The maximum Gasteiger partial charge on any atom is 0.254 e. The number of nitrogens with one attached hydrogen (secondary N) is 1. The summed E-state index contributed by atoms with van der Waals surface area (Å²) in [5.41, 5.74) is 1.93. The highest BCUT2D eigenvalue weighted by atomic mass is 16.2. The third kappa shape index (κ3) is 3.11. The first-order chi connectivity index (χ1) is 14.7. The first-order valence-corrected chi connectivity index (χ1v) is 11.3. The van der Waals surface area contributed by atoms with Gasteiger partial charge in [0.1, 0.15) is 0 Å². The van der Waals surface area contributed by atoms with Gasteiger partial charge in [-0.25, -0.2) is 0 Å². The minimum Gasteiger partial charge on any atom is -0.329 e. The van der Waals surface area contributed by atoms with Crippen molar-refractivity contribution in [3.8, 4) is 0 Å². The second kappa shape index (κ2) is 7.86. The quantitative estimate of drug-likeness (QED) is 0.792. The highest BCUT2D eigenvalue weighted by Crippen LogP contribution is 2.51. The van der Waals surface area contributed by atoms with Gasteiger partial charge in [0.25, 0.3) is 5.91 Å². The van der Waals surface area contributed by atoms with Crippen molar-refractivity contribution in [2.45, 2.75) is 75.3 Å². The van der Waals surface area contributed by atoms with Crippen molar-refractivity contribution in [2.24, 2.45) is 0 Å². The lowest BCUT2D eigenvalue weighted by Crippen LogP contribution is -2.64. The zero-order valence-electron chi connectivity index (χ0n) is 17.3. The van der Waals surface area contributed by atoms with Crippen LogP contribution in [0, 0.1) is 0 Å². The van der Waals surface area contributed by atoms with Crippen LogP contribution in [0.15, 0.2) is 48.8 Å². The largest absolute Gasteiger partial charge is 0.329 e. The molecule has 0 bridgehead atoms. The number of benzene rings is 1. The number of hydrogen-bond acceptors (Lipinski definition) is 3. The Morgan fingerprint density at radius 2 is 1.67 bits per heavy atom. The van der Waals surface area contributed by atoms with Gasteiger partial charge in [-0.1, -0.05) is 50.3 Å². The smallest absolute Gasteiger partial charge is 0.254 e. The van der Waals surface area contributed by atoms with E-state index in [2.05, 4.69) is 15.2 Å². The highest BCUT2D eigenvalue weighted by Gasteiger charge is 2.56. The van der Waals surface area contributed by atoms with Crippen LogP contribution in [0.25, 0.3) is 0 Å². The molecule has 2 aliphatic carbocycles. The average Bonchev–Trinajstić information content (AvgIpc) is 3.29. The number of amides is 2. The van der Waals surface area contributed by atoms with E-state index >= 15 is 0 Å². The molecule has 2 amide bonds. The van der Waals surface area contributed by atoms with E-state index in [-0.39, 0.29) is 23.8 Å². The first kappa shape index (κ1) is 19.3. The topological polar surface area (TPSA) is 62.3 Å². The summed E-state index contributed by atoms with van der Waals surface area (Å²) in [6.45, 7) is 0. The number of hydrogen-bond donors (Lipinski definition) is 1. The van der Waals surface area contributed by atoms with Gasteiger partial charge in [0, 0.05) is 29.7 Å². The molecule has 1 aromatic carbocycles. The predicted octanol–water partition coefficient (Wildman–Crippen LogP) is 4.91. The van der Waals surface area contributed by atoms with Crippen molar-refractivity contribution >= 4 is 17.5 Å². The van der Waals surface area contributed by atoms with Crippen molar-refractivity contribution in [3.63, 3.8) is 0 Å². The van der Waals surface area contributed by atoms with Gasteiger partial charge in [0.2, 0.25) is 5.91 Å². The van der Waals surface area contributed by atoms with E-state index in [1.807, 2.05) is 36.4 Å². The molecular formula is C25H29N3O2. The molecule has 156 valence electrons. The molecule has 2 fully saturated rings. The second-order valence-electron chi connectivity index (χ2n) is 9.02. The third-order valence-electron chi connectivity index (χ3n) is 7.36. The van der Waals surface area contributed by atoms with Gasteiger partial charge in [-0.15, -0.1) is 0 Å². The average molecular weight is 404 g/mol. The summed E-state index contributed by atoms with van der Waals surface area (Å²) in [5.74, 6) is -0.223. The number of rotatable bonds is 3. The fourth-order valence-corrected chi connectivity index (χ4v) is 6.12. The van der Waals surface area contributed by atoms with E-state index in [0.29, 0.717) is 5.56 Å². The van der Waals surface area contributed by atoms with Crippen LogP contribution in [-0.4, -0.2) is 33.3 Å². The standard InChI is InChI=1S/C25H29N3O2/c29-23(27-18-12-16-26-17-13-18)22-20-10-4-5-11-21(20)24(30)28(19-8-2-3-9-19)25(22)14-6-1-7-15-25/h4-5,10-13,16-17,19,22H,1-3,6-9,14-15H2,(H,26,27,29). The van der Waals surface area contributed by atoms with Gasteiger partial charge < -0.3 is 10.2 Å². The highest BCUT2D eigenvalue weighted by molar-refractivity contribution is 6.05. The number of carbonyl (C=O) groups is 2. The van der Waals surface area contributed by atoms with Crippen molar-refractivity contribution in [1.82, 2.24) is 9.88 Å². The minimum atomic E-state index is -0.421. The maximum absolute atomic E-state index is 13.8. The molecule has 1 N–H and O–H groups in total. The van der Waals surface area contributed by atoms with E-state index in [4.69, 9.17) is 0 Å². The maximum atomic E-state index is 13.8. The predicted molar refractivity (Wildman–Crippen MR) is 116 cm³/mol. The van der Waals surface area contributed by atoms with Gasteiger partial charge in [0.05, 0.1) is 11.5 Å². The molecule has 30 heavy (non-hydrogen) atoms. The van der Waals surface area contributed by atoms with Crippen molar-refractivity contribution in [1.29, 1.82) is 0 Å². The first-order valence-electron chi connectivity index (χ1n) is 11.3. The molecule has 5 rings (SSSR count). The molecule has 3 aliphatic rings. The number of pyridine rings is 1. The fourth-order valence-electron chi connectivity index (χ4n) is 6.12. The van der Waals surface area contributed by atoms with Gasteiger partial charge in [0.15, 0.2) is 0 Å². The van der Waals surface area contributed by atoms with Crippen LogP contribution >= 0.6 is 0 Å². The molecule has 2 heterocycles. The van der Waals surface area contributed by atoms with E-state index < -0.39 is 5.54 Å². The van der Waals surface area contributed by atoms with E-state index in [1.54, 1.807) is 12.4 Å². The molecule has 1 aromatic heterocycles. The van der Waals surface area contributed by atoms with Gasteiger partial charge in [-0.05, 0) is 49.4 Å². The third-order valence-corrected chi connectivity index (χ3v) is 7.36. The van der Waals surface area contributed by atoms with Crippen LogP contribution in [0.1, 0.15) is 79.6 Å². The number of anilines is 1. The lowest BCUT2D eigenvalue weighted by atomic mass is 9.64. The molecule has 1 aliphatic heterocycles. The molecule has 1 spiro atoms. The van der Waals surface area contributed by atoms with Crippen LogP contribution in [0.5, 0.6) is 0 Å². The number of aromatic nitrogens is 1. The number of fused-ring (bicyclic) bond motifs is 1. The summed E-state index contributed by atoms with van der Waals surface area (Å²) in [4.78, 5) is 33.8. The second-order valence-corrected chi connectivity index (χ2v) is 9.02. The molecule has 1 atom stereocenters. The van der Waals surface area contributed by atoms with Crippen molar-refractivity contribution in [2.75, 3.05) is 5.32 Å². The molecule has 2 aromatic rings. The lowest BCUT2D eigenvalue weighted by molar-refractivity contribution is -0.123. The van der Waals surface area contributed by atoms with E-state index in [9.17, 15) is 9.59 Å². The molecule has 5 nitrogen and oxygen atoms in total. The van der Waals surface area contributed by atoms with Crippen molar-refractivity contribution < 1.29 is 9.59 Å². The van der Waals surface area contributed by atoms with E-state index in [0.717, 1.165) is 49.8 Å². The summed E-state index contributed by atoms with van der Waals surface area (Å²) < 4.78 is 0. The Morgan fingerprint density at radius 1 is 0.967 bits per heavy atom. The summed E-state index contributed by atoms with van der Waals surface area (Å²) in [5, 5.41) is 3.13. The zero-order chi connectivity index (χ0) is 20.6. The van der Waals surface area contributed by atoms with Gasteiger partial charge in [-0.2, -0.15) is 0 Å². The van der Waals surface area contributed by atoms with Crippen LogP contribution in [0.4, 0.5) is 5.69 Å². The molecular weight excluding hydrogens is 374 g/mol. The molecule has 0 radical (unpaired) electrons. The molecule has 5 heteroatoms. The Kier molecular flexibility index (Phi) is 5.05. The summed E-state index contributed by atoms with van der Waals surface area (Å²) in [6.07, 6.45) is 12.9. The molecule has 0 saturated heterocycles. The van der Waals surface area contributed by atoms with Crippen LogP contribution < -0.4 is 5.32 Å². The monoisotopic (exact) mass is 403 g/mol. The van der Waals surface area contributed by atoms with Crippen LogP contribution in [0.2, 0.25) is 0 Å². The lowest BCUT2D eigenvalue weighted by Gasteiger charge is -2.56. The summed E-state index contributed by atoms with van der Waals surface area (Å²) in [7, 11) is 0. The van der Waals surface area contributed by atoms with Crippen LogP contribution in [0.3, 0.4) is 0 Å². The Labute approximate surface area is 177 Å². The van der Waals surface area contributed by atoms with E-state index in [1.165, 1.54) is 19.3 Å². The SMILES string of the molecule is O=C(Nc1ccncc1)C1c2ccccc2C(=O)N(C2CCCC2)C12CCCCC2. The van der Waals surface area contributed by atoms with Crippen LogP contribution in [-0.2, 0) is 4.79 Å². The molecule has 2 saturated carbocycles. The summed E-state index contributed by atoms with van der Waals surface area (Å²) in [6, 6.07) is 11.7. The number of nitrogens with zero attached hydrogens (tertiary/aromatic N) is 2. The van der Waals surface area contributed by atoms with Crippen molar-refractivity contribution in [3.05, 3.63) is 59.9 Å². The van der Waals surface area contributed by atoms with Gasteiger partial charge in [-0.3, -0.25) is 14.6 Å². The Balaban J connectivity index is 1.63. The summed E-state index contributed by atoms with van der Waals surface area (Å²) >= 11 is 0.